The van der Waals surface area contributed by atoms with E-state index in [1.807, 2.05) is 6.92 Å². The Morgan fingerprint density at radius 3 is 2.86 bits per heavy atom. The number of aliphatic hydroxyl groups excluding tert-OH is 1. The second-order valence-electron chi connectivity index (χ2n) is 8.41. The molecule has 2 amide bonds. The lowest BCUT2D eigenvalue weighted by molar-refractivity contribution is 0.0423. The van der Waals surface area contributed by atoms with Crippen molar-refractivity contribution >= 4 is 46.7 Å². The van der Waals surface area contributed by atoms with E-state index in [-0.39, 0.29) is 29.7 Å². The Kier molecular flexibility index (Phi) is 7.67. The Hall–Kier alpha value is -2.63. The van der Waals surface area contributed by atoms with E-state index in [0.717, 1.165) is 11.1 Å². The van der Waals surface area contributed by atoms with E-state index >= 15 is 0 Å². The highest BCUT2D eigenvalue weighted by Crippen LogP contribution is 2.44. The van der Waals surface area contributed by atoms with Gasteiger partial charge in [0, 0.05) is 31.5 Å². The molecule has 188 valence electrons. The number of anilines is 3. The highest BCUT2D eigenvalue weighted by molar-refractivity contribution is 6.41. The Labute approximate surface area is 213 Å². The van der Waals surface area contributed by atoms with Crippen molar-refractivity contribution in [1.82, 2.24) is 15.3 Å². The number of hydrogen-bond donors (Lipinski definition) is 3. The van der Waals surface area contributed by atoms with Gasteiger partial charge in [-0.2, -0.15) is 4.98 Å². The quantitative estimate of drug-likeness (QED) is 0.375. The number of aryl methyl sites for hydroxylation is 1. The van der Waals surface area contributed by atoms with E-state index < -0.39 is 6.23 Å². The molecule has 1 unspecified atom stereocenters. The number of benzene rings is 1. The monoisotopic (exact) mass is 522 g/mol. The van der Waals surface area contributed by atoms with Gasteiger partial charge in [-0.3, -0.25) is 15.1 Å². The van der Waals surface area contributed by atoms with Crippen molar-refractivity contribution in [1.29, 1.82) is 0 Å². The van der Waals surface area contributed by atoms with E-state index in [9.17, 15) is 9.90 Å². The van der Waals surface area contributed by atoms with Crippen molar-refractivity contribution in [3.05, 3.63) is 46.1 Å². The van der Waals surface area contributed by atoms with Gasteiger partial charge in [0.25, 0.3) is 0 Å². The second-order valence-corrected chi connectivity index (χ2v) is 9.17. The van der Waals surface area contributed by atoms with Crippen molar-refractivity contribution in [3.8, 4) is 5.75 Å². The van der Waals surface area contributed by atoms with Crippen LogP contribution in [0.3, 0.4) is 0 Å². The second kappa shape index (κ2) is 10.5. The van der Waals surface area contributed by atoms with Crippen molar-refractivity contribution in [2.75, 3.05) is 42.5 Å². The lowest BCUT2D eigenvalue weighted by Crippen LogP contribution is -2.53. The third-order valence-corrected chi connectivity index (χ3v) is 6.94. The summed E-state index contributed by atoms with van der Waals surface area (Å²) in [6.45, 7) is 6.59. The summed E-state index contributed by atoms with van der Waals surface area (Å²) in [5.41, 5.74) is 1.85. The van der Waals surface area contributed by atoms with E-state index in [4.69, 9.17) is 32.7 Å². The molecule has 3 heterocycles. The van der Waals surface area contributed by atoms with Gasteiger partial charge in [-0.15, -0.1) is 0 Å². The summed E-state index contributed by atoms with van der Waals surface area (Å²) >= 11 is 13.1. The van der Waals surface area contributed by atoms with Crippen LogP contribution in [0.2, 0.25) is 10.0 Å². The van der Waals surface area contributed by atoms with Gasteiger partial charge in [-0.05, 0) is 31.1 Å². The van der Waals surface area contributed by atoms with Crippen LogP contribution in [0.25, 0.3) is 0 Å². The van der Waals surface area contributed by atoms with Gasteiger partial charge in [0.1, 0.15) is 22.8 Å². The number of rotatable bonds is 7. The normalized spacial score (nSPS) is 20.9. The first kappa shape index (κ1) is 25.5. The predicted octanol–water partition coefficient (Wildman–Crippen LogP) is 3.34. The molecule has 0 spiro atoms. The Bertz CT molecular complexity index is 1130. The van der Waals surface area contributed by atoms with Gasteiger partial charge in [-0.25, -0.2) is 9.78 Å². The number of carbonyl (C=O) groups is 1. The zero-order chi connectivity index (χ0) is 25.3. The molecule has 12 heteroatoms. The molecule has 3 atom stereocenters. The minimum absolute atomic E-state index is 0.0881. The number of fused-ring (bicyclic) bond motifs is 1. The van der Waals surface area contributed by atoms with Crippen molar-refractivity contribution < 1.29 is 19.4 Å². The molecule has 2 aliphatic rings. The van der Waals surface area contributed by atoms with Crippen LogP contribution in [-0.4, -0.2) is 66.8 Å². The lowest BCUT2D eigenvalue weighted by Gasteiger charge is -2.36. The number of aromatic nitrogens is 2. The first-order chi connectivity index (χ1) is 16.7. The minimum atomic E-state index is -0.857. The van der Waals surface area contributed by atoms with Crippen molar-refractivity contribution in [2.24, 2.45) is 0 Å². The number of aliphatic hydroxyl groups is 1. The van der Waals surface area contributed by atoms with E-state index in [1.54, 1.807) is 19.3 Å². The molecule has 0 radical (unpaired) electrons. The number of nitrogens with one attached hydrogen (secondary N) is 2. The van der Waals surface area contributed by atoms with Gasteiger partial charge < -0.3 is 19.9 Å². The highest BCUT2D eigenvalue weighted by Gasteiger charge is 2.35. The van der Waals surface area contributed by atoms with Crippen LogP contribution >= 0.6 is 23.2 Å². The third kappa shape index (κ3) is 5.03. The molecule has 35 heavy (non-hydrogen) atoms. The average molecular weight is 523 g/mol. The van der Waals surface area contributed by atoms with Crippen molar-refractivity contribution in [2.45, 2.75) is 38.2 Å². The van der Waals surface area contributed by atoms with Crippen molar-refractivity contribution in [3.63, 3.8) is 0 Å². The van der Waals surface area contributed by atoms with Crippen LogP contribution in [0.4, 0.5) is 22.2 Å². The maximum Gasteiger partial charge on any atom is 0.330 e. The minimum Gasteiger partial charge on any atom is -0.495 e. The van der Waals surface area contributed by atoms with Crippen LogP contribution in [0, 0.1) is 6.92 Å². The topological polar surface area (TPSA) is 112 Å². The summed E-state index contributed by atoms with van der Waals surface area (Å²) in [6.07, 6.45) is 2.92. The van der Waals surface area contributed by atoms with Crippen LogP contribution < -0.4 is 25.2 Å². The summed E-state index contributed by atoms with van der Waals surface area (Å²) in [5.74, 6) is 1.29. The molecule has 1 aromatic heterocycles. The van der Waals surface area contributed by atoms with Gasteiger partial charge in [0.15, 0.2) is 0 Å². The zero-order valence-electron chi connectivity index (χ0n) is 19.7. The third-order valence-electron chi connectivity index (χ3n) is 6.10. The smallest absolute Gasteiger partial charge is 0.330 e. The summed E-state index contributed by atoms with van der Waals surface area (Å²) in [4.78, 5) is 25.4. The molecule has 3 N–H and O–H groups in total. The van der Waals surface area contributed by atoms with E-state index in [2.05, 4.69) is 27.2 Å². The largest absolute Gasteiger partial charge is 0.495 e. The Morgan fingerprint density at radius 1 is 1.37 bits per heavy atom. The predicted molar refractivity (Wildman–Crippen MR) is 136 cm³/mol. The number of urea groups is 1. The van der Waals surface area contributed by atoms with Crippen LogP contribution in [0.5, 0.6) is 5.75 Å². The lowest BCUT2D eigenvalue weighted by atomic mass is 10.0. The molecule has 0 bridgehead atoms. The zero-order valence-corrected chi connectivity index (χ0v) is 21.2. The number of methoxy groups -OCH3 is 1. The van der Waals surface area contributed by atoms with Gasteiger partial charge in [-0.1, -0.05) is 29.8 Å². The fourth-order valence-electron chi connectivity index (χ4n) is 4.19. The molecule has 0 aliphatic carbocycles. The molecule has 1 saturated heterocycles. The van der Waals surface area contributed by atoms with Gasteiger partial charge in [0.2, 0.25) is 5.95 Å². The SMILES string of the molecule is C=CC(O)N[C@H]1COCC[C@H]1Nc1ncc2c(n1)N(C)C(=O)N(c1c(Cl)c(C)cc(OC)c1Cl)C2. The molecule has 2 aliphatic heterocycles. The molecule has 2 aromatic rings. The molecular formula is C23H28Cl2N6O4. The first-order valence-corrected chi connectivity index (χ1v) is 11.8. The number of nitrogens with zero attached hydrogens (tertiary/aromatic N) is 4. The van der Waals surface area contributed by atoms with E-state index in [1.165, 1.54) is 23.0 Å². The van der Waals surface area contributed by atoms with Gasteiger partial charge in [0.05, 0.1) is 37.0 Å². The van der Waals surface area contributed by atoms with E-state index in [0.29, 0.717) is 47.9 Å². The van der Waals surface area contributed by atoms with Crippen LogP contribution in [0.1, 0.15) is 17.5 Å². The standard InChI is InChI=1S/C23H28Cl2N6O4/c1-5-17(32)27-15-11-35-7-6-14(15)28-22-26-9-13-10-31(23(33)30(3)21(13)29-22)20-18(24)12(2)8-16(34-4)19(20)25/h5,8-9,14-15,17,27,32H,1,6-7,10-11H2,2-4H3,(H,26,28,29)/t14-,15+,17?/m1/s1. The van der Waals surface area contributed by atoms with Crippen LogP contribution in [-0.2, 0) is 11.3 Å². The van der Waals surface area contributed by atoms with Gasteiger partial charge >= 0.3 is 6.03 Å². The maximum absolute atomic E-state index is 13.4. The van der Waals surface area contributed by atoms with Crippen LogP contribution in [0.15, 0.2) is 24.9 Å². The fraction of sp³-hybridized carbons (Fsp3) is 0.435. The average Bonchev–Trinajstić information content (AvgIpc) is 2.85. The molecule has 4 rings (SSSR count). The summed E-state index contributed by atoms with van der Waals surface area (Å²) < 4.78 is 10.9. The number of amides is 2. The first-order valence-electron chi connectivity index (χ1n) is 11.1. The number of carbonyl (C=O) groups excluding carboxylic acids is 1. The Morgan fingerprint density at radius 2 is 2.14 bits per heavy atom. The molecule has 1 fully saturated rings. The highest BCUT2D eigenvalue weighted by atomic mass is 35.5. The number of ether oxygens (including phenoxy) is 2. The number of hydrogen-bond acceptors (Lipinski definition) is 8. The summed E-state index contributed by atoms with van der Waals surface area (Å²) in [5, 5.41) is 16.9. The molecule has 1 aromatic carbocycles. The molecule has 10 nitrogen and oxygen atoms in total. The summed E-state index contributed by atoms with van der Waals surface area (Å²) in [7, 11) is 3.15. The maximum atomic E-state index is 13.4. The fourth-order valence-corrected chi connectivity index (χ4v) is 4.82. The summed E-state index contributed by atoms with van der Waals surface area (Å²) in [6, 6.07) is 1.13. The molecule has 0 saturated carbocycles. The Balaban J connectivity index is 1.61. The molecular weight excluding hydrogens is 495 g/mol. The number of halogens is 2.